The zero-order chi connectivity index (χ0) is 15.2. The molecule has 1 aromatic carbocycles. The largest absolute Gasteiger partial charge is 0.483 e. The van der Waals surface area contributed by atoms with Crippen LogP contribution in [0.25, 0.3) is 22.6 Å². The fourth-order valence-electron chi connectivity index (χ4n) is 1.94. The molecule has 0 bridgehead atoms. The van der Waals surface area contributed by atoms with Crippen molar-refractivity contribution in [1.29, 1.82) is 0 Å². The Balaban J connectivity index is 0.000000497. The molecule has 0 spiro atoms. The maximum atomic E-state index is 8.36. The number of hydrogen-bond donors (Lipinski definition) is 1. The van der Waals surface area contributed by atoms with Gasteiger partial charge in [-0.25, -0.2) is 15.0 Å². The molecule has 3 aromatic rings. The van der Waals surface area contributed by atoms with Crippen molar-refractivity contribution in [2.45, 2.75) is 13.3 Å². The summed E-state index contributed by atoms with van der Waals surface area (Å²) >= 11 is 0. The van der Waals surface area contributed by atoms with E-state index < -0.39 is 0 Å². The van der Waals surface area contributed by atoms with Gasteiger partial charge in [-0.1, -0.05) is 31.2 Å². The minimum Gasteiger partial charge on any atom is -0.483 e. The number of nitrogens with zero attached hydrogens (tertiary/aromatic N) is 4. The van der Waals surface area contributed by atoms with Gasteiger partial charge in [0.25, 0.3) is 6.47 Å². The van der Waals surface area contributed by atoms with Gasteiger partial charge in [-0.3, -0.25) is 4.79 Å². The highest BCUT2D eigenvalue weighted by Gasteiger charge is 2.06. The molecule has 0 radical (unpaired) electrons. The van der Waals surface area contributed by atoms with E-state index in [2.05, 4.69) is 46.1 Å². The third-order valence-corrected chi connectivity index (χ3v) is 3.10. The predicted octanol–water partition coefficient (Wildman–Crippen LogP) is 2.29. The van der Waals surface area contributed by atoms with Crippen molar-refractivity contribution >= 4 is 17.6 Å². The van der Waals surface area contributed by atoms with Crippen LogP contribution >= 0.6 is 0 Å². The Labute approximate surface area is 122 Å². The molecule has 3 rings (SSSR count). The molecule has 21 heavy (non-hydrogen) atoms. The first-order valence-corrected chi connectivity index (χ1v) is 6.50. The third-order valence-electron chi connectivity index (χ3n) is 3.10. The van der Waals surface area contributed by atoms with Gasteiger partial charge < -0.3 is 9.67 Å². The number of carboxylic acid groups (broad SMARTS) is 1. The molecule has 6 heteroatoms. The second kappa shape index (κ2) is 6.60. The SMILES string of the molecule is CCc1ccc(-c2ncc3c(ncn3C)n2)cc1.O=CO. The van der Waals surface area contributed by atoms with Crippen LogP contribution in [0.15, 0.2) is 36.8 Å². The smallest absolute Gasteiger partial charge is 0.290 e. The summed E-state index contributed by atoms with van der Waals surface area (Å²) in [6.07, 6.45) is 4.61. The molecule has 0 atom stereocenters. The summed E-state index contributed by atoms with van der Waals surface area (Å²) in [7, 11) is 1.94. The zero-order valence-electron chi connectivity index (χ0n) is 11.9. The van der Waals surface area contributed by atoms with Gasteiger partial charge in [0.1, 0.15) is 5.52 Å². The van der Waals surface area contributed by atoms with Crippen LogP contribution in [-0.2, 0) is 18.3 Å². The quantitative estimate of drug-likeness (QED) is 0.730. The van der Waals surface area contributed by atoms with E-state index in [0.29, 0.717) is 0 Å². The molecular weight excluding hydrogens is 268 g/mol. The molecule has 1 N–H and O–H groups in total. The maximum absolute atomic E-state index is 8.36. The summed E-state index contributed by atoms with van der Waals surface area (Å²) in [5, 5.41) is 6.89. The van der Waals surface area contributed by atoms with Crippen LogP contribution in [0.4, 0.5) is 0 Å². The molecule has 0 amide bonds. The van der Waals surface area contributed by atoms with E-state index in [1.54, 1.807) is 6.33 Å². The van der Waals surface area contributed by atoms with E-state index in [1.165, 1.54) is 5.56 Å². The minimum absolute atomic E-state index is 0.250. The van der Waals surface area contributed by atoms with Crippen LogP contribution in [-0.4, -0.2) is 31.1 Å². The van der Waals surface area contributed by atoms with E-state index in [1.807, 2.05) is 17.8 Å². The molecule has 0 aliphatic rings. The molecule has 6 nitrogen and oxygen atoms in total. The topological polar surface area (TPSA) is 80.9 Å². The maximum Gasteiger partial charge on any atom is 0.290 e. The Morgan fingerprint density at radius 1 is 1.24 bits per heavy atom. The van der Waals surface area contributed by atoms with Crippen molar-refractivity contribution in [1.82, 2.24) is 19.5 Å². The summed E-state index contributed by atoms with van der Waals surface area (Å²) in [6, 6.07) is 8.34. The fraction of sp³-hybridized carbons (Fsp3) is 0.200. The number of carbonyl (C=O) groups is 1. The average Bonchev–Trinajstić information content (AvgIpc) is 2.89. The Morgan fingerprint density at radius 3 is 2.52 bits per heavy atom. The number of aryl methyl sites for hydroxylation is 2. The monoisotopic (exact) mass is 284 g/mol. The molecule has 108 valence electrons. The first kappa shape index (κ1) is 14.6. The van der Waals surface area contributed by atoms with Gasteiger partial charge in [-0.15, -0.1) is 0 Å². The summed E-state index contributed by atoms with van der Waals surface area (Å²) in [6.45, 7) is 1.89. The molecule has 0 fully saturated rings. The summed E-state index contributed by atoms with van der Waals surface area (Å²) in [5.41, 5.74) is 4.03. The van der Waals surface area contributed by atoms with Crippen LogP contribution in [0.3, 0.4) is 0 Å². The van der Waals surface area contributed by atoms with E-state index in [0.717, 1.165) is 29.0 Å². The van der Waals surface area contributed by atoms with Gasteiger partial charge in [0, 0.05) is 12.6 Å². The Kier molecular flexibility index (Phi) is 4.61. The molecule has 0 aliphatic heterocycles. The number of benzene rings is 1. The third kappa shape index (κ3) is 3.22. The van der Waals surface area contributed by atoms with Gasteiger partial charge >= 0.3 is 0 Å². The zero-order valence-corrected chi connectivity index (χ0v) is 11.9. The van der Waals surface area contributed by atoms with Gasteiger partial charge in [-0.05, 0) is 12.0 Å². The lowest BCUT2D eigenvalue weighted by molar-refractivity contribution is -0.122. The molecule has 2 aromatic heterocycles. The number of rotatable bonds is 2. The molecule has 2 heterocycles. The highest BCUT2D eigenvalue weighted by molar-refractivity contribution is 5.72. The Bertz CT molecular complexity index is 735. The normalized spacial score (nSPS) is 10.0. The average molecular weight is 284 g/mol. The van der Waals surface area contributed by atoms with Gasteiger partial charge in [0.15, 0.2) is 11.5 Å². The van der Waals surface area contributed by atoms with Crippen molar-refractivity contribution < 1.29 is 9.90 Å². The summed E-state index contributed by atoms with van der Waals surface area (Å²) in [5.74, 6) is 0.726. The molecule has 0 saturated heterocycles. The van der Waals surface area contributed by atoms with Crippen LogP contribution in [0.2, 0.25) is 0 Å². The van der Waals surface area contributed by atoms with Gasteiger partial charge in [-0.2, -0.15) is 0 Å². The van der Waals surface area contributed by atoms with Crippen LogP contribution in [0.1, 0.15) is 12.5 Å². The minimum atomic E-state index is -0.250. The lowest BCUT2D eigenvalue weighted by atomic mass is 10.1. The van der Waals surface area contributed by atoms with Crippen LogP contribution in [0.5, 0.6) is 0 Å². The van der Waals surface area contributed by atoms with Gasteiger partial charge in [0.05, 0.1) is 12.5 Å². The van der Waals surface area contributed by atoms with Crippen molar-refractivity contribution in [3.63, 3.8) is 0 Å². The van der Waals surface area contributed by atoms with Crippen molar-refractivity contribution in [2.24, 2.45) is 7.05 Å². The first-order chi connectivity index (χ1) is 10.2. The number of imidazole rings is 1. The van der Waals surface area contributed by atoms with Crippen LogP contribution in [0, 0.1) is 0 Å². The fourth-order valence-corrected chi connectivity index (χ4v) is 1.94. The number of hydrogen-bond acceptors (Lipinski definition) is 4. The van der Waals surface area contributed by atoms with Crippen molar-refractivity contribution in [3.8, 4) is 11.4 Å². The van der Waals surface area contributed by atoms with Crippen LogP contribution < -0.4 is 0 Å². The van der Waals surface area contributed by atoms with E-state index in [-0.39, 0.29) is 6.47 Å². The van der Waals surface area contributed by atoms with Crippen molar-refractivity contribution in [2.75, 3.05) is 0 Å². The number of fused-ring (bicyclic) bond motifs is 1. The second-order valence-electron chi connectivity index (χ2n) is 4.41. The lowest BCUT2D eigenvalue weighted by Crippen LogP contribution is -1.92. The van der Waals surface area contributed by atoms with Crippen molar-refractivity contribution in [3.05, 3.63) is 42.4 Å². The van der Waals surface area contributed by atoms with Gasteiger partial charge in [0.2, 0.25) is 0 Å². The summed E-state index contributed by atoms with van der Waals surface area (Å²) in [4.78, 5) is 21.5. The van der Waals surface area contributed by atoms with E-state index in [4.69, 9.17) is 9.90 Å². The molecule has 0 aliphatic carbocycles. The highest BCUT2D eigenvalue weighted by Crippen LogP contribution is 2.18. The Morgan fingerprint density at radius 2 is 1.90 bits per heavy atom. The Hall–Kier alpha value is -2.76. The molecule has 0 saturated carbocycles. The number of aromatic nitrogens is 4. The summed E-state index contributed by atoms with van der Waals surface area (Å²) < 4.78 is 1.92. The standard InChI is InChI=1S/C14H14N4.CH2O2/c1-3-10-4-6-11(7-5-10)13-15-8-12-14(17-13)16-9-18(12)2;2-1-3/h4-9H,3H2,1-2H3;1H,(H,2,3). The highest BCUT2D eigenvalue weighted by atomic mass is 16.3. The predicted molar refractivity (Wildman–Crippen MR) is 79.8 cm³/mol. The molecule has 0 unspecified atom stereocenters. The van der Waals surface area contributed by atoms with E-state index in [9.17, 15) is 0 Å². The molecular formula is C15H16N4O2. The second-order valence-corrected chi connectivity index (χ2v) is 4.41. The lowest BCUT2D eigenvalue weighted by Gasteiger charge is -2.01. The first-order valence-electron chi connectivity index (χ1n) is 6.50. The van der Waals surface area contributed by atoms with E-state index >= 15 is 0 Å².